The van der Waals surface area contributed by atoms with Crippen LogP contribution in [-0.4, -0.2) is 123 Å². The monoisotopic (exact) mass is 398 g/mol. The Hall–Kier alpha value is -0.770. The molecular weight excluding hydrogens is 372 g/mol. The Morgan fingerprint density at radius 3 is 2.11 bits per heavy atom. The molecule has 2 aliphatic rings. The second-order valence-corrected chi connectivity index (χ2v) is 6.60. The first-order valence-corrected chi connectivity index (χ1v) is 8.37. The fourth-order valence-electron chi connectivity index (χ4n) is 2.95. The predicted octanol–water partition coefficient (Wildman–Crippen LogP) is -4.78. The van der Waals surface area contributed by atoms with Crippen LogP contribution in [0.3, 0.4) is 0 Å². The zero-order valence-electron chi connectivity index (χ0n) is 14.6. The molecule has 9 unspecified atom stereocenters. The number of aliphatic hydroxyl groups is 7. The summed E-state index contributed by atoms with van der Waals surface area (Å²) in [7, 11) is 0. The normalized spacial score (nSPS) is 45.2. The molecule has 27 heavy (non-hydrogen) atoms. The van der Waals surface area contributed by atoms with Crippen molar-refractivity contribution in [3.8, 4) is 0 Å². The molecule has 2 rings (SSSR count). The Kier molecular flexibility index (Phi) is 7.63. The van der Waals surface area contributed by atoms with E-state index in [9.17, 15) is 40.5 Å². The molecule has 12 nitrogen and oxygen atoms in total. The van der Waals surface area contributed by atoms with E-state index in [1.165, 1.54) is 6.92 Å². The molecule has 7 N–H and O–H groups in total. The van der Waals surface area contributed by atoms with Crippen LogP contribution in [0.1, 0.15) is 6.92 Å². The van der Waals surface area contributed by atoms with E-state index in [0.29, 0.717) is 0 Å². The fourth-order valence-corrected chi connectivity index (χ4v) is 2.95. The SMILES string of the molecule is CC(=O)COCC1(OC2OC(CO)C(O)C(O)C2O)OC(CO)C(O)C1O. The van der Waals surface area contributed by atoms with E-state index < -0.39 is 74.6 Å². The number of rotatable bonds is 8. The minimum absolute atomic E-state index is 0.343. The minimum atomic E-state index is -2.16. The number of ether oxygens (including phenoxy) is 4. The molecule has 158 valence electrons. The van der Waals surface area contributed by atoms with Gasteiger partial charge in [-0.25, -0.2) is 0 Å². The largest absolute Gasteiger partial charge is 0.394 e. The summed E-state index contributed by atoms with van der Waals surface area (Å²) in [4.78, 5) is 11.1. The highest BCUT2D eigenvalue weighted by Gasteiger charge is 2.58. The molecule has 2 saturated heterocycles. The molecule has 2 fully saturated rings. The highest BCUT2D eigenvalue weighted by atomic mass is 16.8. The molecule has 0 aromatic rings. The van der Waals surface area contributed by atoms with Gasteiger partial charge in [0.25, 0.3) is 0 Å². The second-order valence-electron chi connectivity index (χ2n) is 6.60. The molecule has 2 aliphatic heterocycles. The van der Waals surface area contributed by atoms with E-state index in [0.717, 1.165) is 0 Å². The Labute approximate surface area is 154 Å². The van der Waals surface area contributed by atoms with Crippen LogP contribution >= 0.6 is 0 Å². The number of aliphatic hydroxyl groups excluding tert-OH is 7. The molecule has 9 atom stereocenters. The second kappa shape index (κ2) is 9.15. The zero-order valence-corrected chi connectivity index (χ0v) is 14.6. The molecule has 0 aliphatic carbocycles. The Morgan fingerprint density at radius 1 is 0.963 bits per heavy atom. The maximum Gasteiger partial charge on any atom is 0.224 e. The smallest absolute Gasteiger partial charge is 0.224 e. The summed E-state index contributed by atoms with van der Waals surface area (Å²) in [6, 6.07) is 0. The predicted molar refractivity (Wildman–Crippen MR) is 83.1 cm³/mol. The summed E-state index contributed by atoms with van der Waals surface area (Å²) >= 11 is 0. The van der Waals surface area contributed by atoms with Gasteiger partial charge in [0.1, 0.15) is 55.9 Å². The number of carbonyl (C=O) groups is 1. The summed E-state index contributed by atoms with van der Waals surface area (Å²) in [6.45, 7) is -1.08. The van der Waals surface area contributed by atoms with Gasteiger partial charge in [0.05, 0.1) is 13.2 Å². The third kappa shape index (κ3) is 4.63. The van der Waals surface area contributed by atoms with Crippen molar-refractivity contribution in [3.63, 3.8) is 0 Å². The van der Waals surface area contributed by atoms with E-state index in [1.807, 2.05) is 0 Å². The molecule has 0 amide bonds. The van der Waals surface area contributed by atoms with Crippen LogP contribution in [0.25, 0.3) is 0 Å². The highest BCUT2D eigenvalue weighted by molar-refractivity contribution is 5.76. The number of carbonyl (C=O) groups excluding carboxylic acids is 1. The first-order valence-electron chi connectivity index (χ1n) is 8.37. The van der Waals surface area contributed by atoms with Gasteiger partial charge in [-0.3, -0.25) is 4.79 Å². The number of Topliss-reactive ketones (excluding diaryl/α,β-unsaturated/α-hetero) is 1. The number of ketones is 1. The lowest BCUT2D eigenvalue weighted by molar-refractivity contribution is -0.385. The number of hydrogen-bond donors (Lipinski definition) is 7. The van der Waals surface area contributed by atoms with Gasteiger partial charge in [-0.15, -0.1) is 0 Å². The number of hydrogen-bond acceptors (Lipinski definition) is 12. The van der Waals surface area contributed by atoms with Crippen molar-refractivity contribution in [1.82, 2.24) is 0 Å². The zero-order chi connectivity index (χ0) is 20.4. The van der Waals surface area contributed by atoms with Gasteiger partial charge < -0.3 is 54.7 Å². The molecule has 0 aromatic heterocycles. The molecule has 0 aromatic carbocycles. The van der Waals surface area contributed by atoms with Crippen LogP contribution in [0, 0.1) is 0 Å². The van der Waals surface area contributed by atoms with Crippen molar-refractivity contribution in [2.45, 2.75) is 61.7 Å². The summed E-state index contributed by atoms with van der Waals surface area (Å²) in [6.07, 6.45) is -12.7. The van der Waals surface area contributed by atoms with Crippen LogP contribution in [0.15, 0.2) is 0 Å². The topological polar surface area (TPSA) is 196 Å². The van der Waals surface area contributed by atoms with Gasteiger partial charge in [-0.05, 0) is 6.92 Å². The summed E-state index contributed by atoms with van der Waals surface area (Å²) < 4.78 is 21.2. The van der Waals surface area contributed by atoms with E-state index >= 15 is 0 Å². The van der Waals surface area contributed by atoms with Gasteiger partial charge in [0.15, 0.2) is 12.1 Å². The van der Waals surface area contributed by atoms with Crippen molar-refractivity contribution in [1.29, 1.82) is 0 Å². The maximum atomic E-state index is 11.1. The maximum absolute atomic E-state index is 11.1. The van der Waals surface area contributed by atoms with Crippen LogP contribution in [0.4, 0.5) is 0 Å². The minimum Gasteiger partial charge on any atom is -0.394 e. The quantitative estimate of drug-likeness (QED) is 0.206. The first kappa shape index (κ1) is 22.5. The van der Waals surface area contributed by atoms with Crippen molar-refractivity contribution >= 4 is 5.78 Å². The molecule has 2 heterocycles. The highest BCUT2D eigenvalue weighted by Crippen LogP contribution is 2.36. The van der Waals surface area contributed by atoms with E-state index in [4.69, 9.17) is 18.9 Å². The molecule has 0 saturated carbocycles. The van der Waals surface area contributed by atoms with Crippen LogP contribution in [0.5, 0.6) is 0 Å². The summed E-state index contributed by atoms with van der Waals surface area (Å²) in [5, 5.41) is 68.7. The lowest BCUT2D eigenvalue weighted by Gasteiger charge is -2.43. The fraction of sp³-hybridized carbons (Fsp3) is 0.933. The van der Waals surface area contributed by atoms with Crippen LogP contribution in [0.2, 0.25) is 0 Å². The lowest BCUT2D eigenvalue weighted by atomic mass is 9.99. The average Bonchev–Trinajstić information content (AvgIpc) is 2.87. The Bertz CT molecular complexity index is 501. The summed E-state index contributed by atoms with van der Waals surface area (Å²) in [5.74, 6) is -2.50. The molecular formula is C15H26O12. The Morgan fingerprint density at radius 2 is 1.59 bits per heavy atom. The molecule has 0 spiro atoms. The van der Waals surface area contributed by atoms with Crippen molar-refractivity contribution in [2.24, 2.45) is 0 Å². The summed E-state index contributed by atoms with van der Waals surface area (Å²) in [5.41, 5.74) is 0. The molecule has 12 heteroatoms. The van der Waals surface area contributed by atoms with Crippen LogP contribution in [-0.2, 0) is 23.7 Å². The Balaban J connectivity index is 2.22. The molecule has 0 bridgehead atoms. The van der Waals surface area contributed by atoms with Gasteiger partial charge in [0.2, 0.25) is 5.79 Å². The van der Waals surface area contributed by atoms with Crippen molar-refractivity contribution < 1.29 is 59.5 Å². The first-order chi connectivity index (χ1) is 12.7. The van der Waals surface area contributed by atoms with Crippen molar-refractivity contribution in [3.05, 3.63) is 0 Å². The average molecular weight is 398 g/mol. The van der Waals surface area contributed by atoms with Gasteiger partial charge >= 0.3 is 0 Å². The third-order valence-corrected chi connectivity index (χ3v) is 4.46. The third-order valence-electron chi connectivity index (χ3n) is 4.46. The molecule has 0 radical (unpaired) electrons. The van der Waals surface area contributed by atoms with E-state index in [1.54, 1.807) is 0 Å². The van der Waals surface area contributed by atoms with E-state index in [-0.39, 0.29) is 12.4 Å². The van der Waals surface area contributed by atoms with Gasteiger partial charge in [0, 0.05) is 0 Å². The van der Waals surface area contributed by atoms with Crippen molar-refractivity contribution in [2.75, 3.05) is 26.4 Å². The van der Waals surface area contributed by atoms with Crippen LogP contribution < -0.4 is 0 Å². The van der Waals surface area contributed by atoms with Gasteiger partial charge in [-0.2, -0.15) is 0 Å². The van der Waals surface area contributed by atoms with Gasteiger partial charge in [-0.1, -0.05) is 0 Å². The van der Waals surface area contributed by atoms with E-state index in [2.05, 4.69) is 0 Å². The lowest BCUT2D eigenvalue weighted by Crippen LogP contribution is -2.62. The standard InChI is InChI=1S/C15H26O12/c1-6(18)4-24-5-15(13(23)10(20)8(3-17)26-15)27-14-12(22)11(21)9(19)7(2-16)25-14/h7-14,16-17,19-23H,2-5H2,1H3.